The van der Waals surface area contributed by atoms with Gasteiger partial charge in [-0.1, -0.05) is 38.5 Å². The van der Waals surface area contributed by atoms with E-state index in [-0.39, 0.29) is 28.6 Å². The van der Waals surface area contributed by atoms with Crippen molar-refractivity contribution in [1.29, 1.82) is 0 Å². The number of hydrogen-bond acceptors (Lipinski definition) is 4. The highest BCUT2D eigenvalue weighted by Crippen LogP contribution is 2.40. The normalized spacial score (nSPS) is 22.9. The summed E-state index contributed by atoms with van der Waals surface area (Å²) < 4.78 is 32.0. The first-order valence-corrected chi connectivity index (χ1v) is 8.71. The molecule has 1 aliphatic heterocycles. The number of benzene rings is 1. The van der Waals surface area contributed by atoms with Gasteiger partial charge < -0.3 is 4.74 Å². The van der Waals surface area contributed by atoms with Gasteiger partial charge in [0.05, 0.1) is 11.3 Å². The Hall–Kier alpha value is -1.40. The fourth-order valence-electron chi connectivity index (χ4n) is 2.62. The third-order valence-electron chi connectivity index (χ3n) is 4.15. The van der Waals surface area contributed by atoms with Crippen molar-refractivity contribution in [3.8, 4) is 0 Å². The van der Waals surface area contributed by atoms with Gasteiger partial charge in [-0.3, -0.25) is 4.79 Å². The molecule has 0 aliphatic carbocycles. The molecule has 0 saturated carbocycles. The van der Waals surface area contributed by atoms with Crippen molar-refractivity contribution in [2.24, 2.45) is 11.3 Å². The standard InChI is InChI=1S/C16H23NO4S/c1-11-6-8-12(9-7-11)22(19,20)17(5)15-13(16(2,3)4)10-14(18)21-15/h6-9,13,15H,10H2,1-5H3/t13-,15-/m1/s1. The Bertz CT molecular complexity index is 658. The van der Waals surface area contributed by atoms with Crippen LogP contribution in [0.4, 0.5) is 0 Å². The zero-order valence-corrected chi connectivity index (χ0v) is 14.5. The molecule has 6 heteroatoms. The minimum atomic E-state index is -3.70. The number of rotatable bonds is 3. The summed E-state index contributed by atoms with van der Waals surface area (Å²) in [5.74, 6) is -0.527. The SMILES string of the molecule is Cc1ccc(S(=O)(=O)N(C)[C@@H]2OC(=O)C[C@H]2C(C)(C)C)cc1. The molecule has 22 heavy (non-hydrogen) atoms. The maximum atomic E-state index is 12.7. The summed E-state index contributed by atoms with van der Waals surface area (Å²) in [5, 5.41) is 0. The summed E-state index contributed by atoms with van der Waals surface area (Å²) >= 11 is 0. The second kappa shape index (κ2) is 5.66. The number of nitrogens with zero attached hydrogens (tertiary/aromatic N) is 1. The lowest BCUT2D eigenvalue weighted by Gasteiger charge is -2.34. The number of carbonyl (C=O) groups excluding carboxylic acids is 1. The molecule has 0 radical (unpaired) electrons. The Morgan fingerprint density at radius 1 is 1.18 bits per heavy atom. The molecule has 0 bridgehead atoms. The fraction of sp³-hybridized carbons (Fsp3) is 0.562. The highest BCUT2D eigenvalue weighted by Gasteiger charge is 2.47. The predicted octanol–water partition coefficient (Wildman–Crippen LogP) is 2.55. The number of cyclic esters (lactones) is 1. The van der Waals surface area contributed by atoms with E-state index in [4.69, 9.17) is 4.74 Å². The van der Waals surface area contributed by atoms with Gasteiger partial charge in [0.25, 0.3) is 0 Å². The van der Waals surface area contributed by atoms with Gasteiger partial charge in [0.15, 0.2) is 6.23 Å². The average Bonchev–Trinajstić information content (AvgIpc) is 2.80. The molecule has 0 amide bonds. The minimum absolute atomic E-state index is 0.176. The summed E-state index contributed by atoms with van der Waals surface area (Å²) in [5.41, 5.74) is 0.759. The molecular formula is C16H23NO4S. The molecular weight excluding hydrogens is 302 g/mol. The highest BCUT2D eigenvalue weighted by molar-refractivity contribution is 7.89. The van der Waals surface area contributed by atoms with Crippen LogP contribution in [0.5, 0.6) is 0 Å². The molecule has 1 aromatic rings. The van der Waals surface area contributed by atoms with E-state index in [0.29, 0.717) is 0 Å². The van der Waals surface area contributed by atoms with Crippen LogP contribution in [0.15, 0.2) is 29.2 Å². The summed E-state index contributed by atoms with van der Waals surface area (Å²) in [6, 6.07) is 6.65. The molecule has 122 valence electrons. The lowest BCUT2D eigenvalue weighted by molar-refractivity contribution is -0.145. The number of ether oxygens (including phenoxy) is 1. The predicted molar refractivity (Wildman–Crippen MR) is 83.6 cm³/mol. The van der Waals surface area contributed by atoms with Crippen LogP contribution in [-0.4, -0.2) is 32.0 Å². The second-order valence-corrected chi connectivity index (χ2v) is 8.89. The molecule has 1 saturated heterocycles. The van der Waals surface area contributed by atoms with E-state index in [9.17, 15) is 13.2 Å². The molecule has 5 nitrogen and oxygen atoms in total. The van der Waals surface area contributed by atoms with E-state index >= 15 is 0 Å². The summed E-state index contributed by atoms with van der Waals surface area (Å²) in [6.45, 7) is 7.85. The van der Waals surface area contributed by atoms with Gasteiger partial charge in [0, 0.05) is 13.0 Å². The van der Waals surface area contributed by atoms with Crippen molar-refractivity contribution in [1.82, 2.24) is 4.31 Å². The number of sulfonamides is 1. The van der Waals surface area contributed by atoms with Crippen LogP contribution in [0, 0.1) is 18.3 Å². The Balaban J connectivity index is 2.35. The van der Waals surface area contributed by atoms with Gasteiger partial charge in [-0.15, -0.1) is 0 Å². The smallest absolute Gasteiger partial charge is 0.307 e. The van der Waals surface area contributed by atoms with Crippen molar-refractivity contribution < 1.29 is 17.9 Å². The largest absolute Gasteiger partial charge is 0.445 e. The molecule has 1 fully saturated rings. The van der Waals surface area contributed by atoms with Gasteiger partial charge >= 0.3 is 5.97 Å². The van der Waals surface area contributed by atoms with Gasteiger partial charge in [0.1, 0.15) is 0 Å². The molecule has 2 atom stereocenters. The first-order valence-electron chi connectivity index (χ1n) is 7.27. The minimum Gasteiger partial charge on any atom is -0.445 e. The Labute approximate surface area is 132 Å². The lowest BCUT2D eigenvalue weighted by Crippen LogP contribution is -2.44. The highest BCUT2D eigenvalue weighted by atomic mass is 32.2. The van der Waals surface area contributed by atoms with Crippen molar-refractivity contribution in [2.75, 3.05) is 7.05 Å². The molecule has 0 unspecified atom stereocenters. The molecule has 0 aromatic heterocycles. The number of hydrogen-bond donors (Lipinski definition) is 0. The van der Waals surface area contributed by atoms with Crippen LogP contribution in [0.25, 0.3) is 0 Å². The maximum absolute atomic E-state index is 12.7. The van der Waals surface area contributed by atoms with Gasteiger partial charge in [-0.25, -0.2) is 8.42 Å². The zero-order chi connectivity index (χ0) is 16.7. The molecule has 0 spiro atoms. The van der Waals surface area contributed by atoms with E-state index in [1.807, 2.05) is 27.7 Å². The van der Waals surface area contributed by atoms with Gasteiger partial charge in [0.2, 0.25) is 10.0 Å². The summed E-state index contributed by atoms with van der Waals surface area (Å²) in [7, 11) is -2.23. The van der Waals surface area contributed by atoms with E-state index in [2.05, 4.69) is 0 Å². The van der Waals surface area contributed by atoms with Crippen molar-refractivity contribution in [2.45, 2.75) is 45.2 Å². The number of carbonyl (C=O) groups is 1. The Morgan fingerprint density at radius 2 is 1.73 bits per heavy atom. The maximum Gasteiger partial charge on any atom is 0.307 e. The van der Waals surface area contributed by atoms with Crippen molar-refractivity contribution in [3.05, 3.63) is 29.8 Å². The molecule has 1 heterocycles. The Morgan fingerprint density at radius 3 is 2.23 bits per heavy atom. The third-order valence-corrected chi connectivity index (χ3v) is 5.99. The van der Waals surface area contributed by atoms with Crippen LogP contribution in [0.2, 0.25) is 0 Å². The topological polar surface area (TPSA) is 63.7 Å². The molecule has 2 rings (SSSR count). The van der Waals surface area contributed by atoms with E-state index in [1.54, 1.807) is 24.3 Å². The number of aryl methyl sites for hydroxylation is 1. The van der Waals surface area contributed by atoms with Gasteiger partial charge in [-0.2, -0.15) is 4.31 Å². The summed E-state index contributed by atoms with van der Waals surface area (Å²) in [4.78, 5) is 11.9. The van der Waals surface area contributed by atoms with Crippen LogP contribution in [0.3, 0.4) is 0 Å². The van der Waals surface area contributed by atoms with Crippen LogP contribution in [-0.2, 0) is 19.6 Å². The Kier molecular flexibility index (Phi) is 4.37. The first kappa shape index (κ1) is 17.0. The fourth-order valence-corrected chi connectivity index (χ4v) is 3.90. The van der Waals surface area contributed by atoms with E-state index in [1.165, 1.54) is 11.4 Å². The van der Waals surface area contributed by atoms with Crippen LogP contribution in [0.1, 0.15) is 32.8 Å². The molecule has 1 aromatic carbocycles. The monoisotopic (exact) mass is 325 g/mol. The van der Waals surface area contributed by atoms with E-state index < -0.39 is 16.3 Å². The number of esters is 1. The van der Waals surface area contributed by atoms with Crippen molar-refractivity contribution >= 4 is 16.0 Å². The quantitative estimate of drug-likeness (QED) is 0.801. The van der Waals surface area contributed by atoms with Gasteiger partial charge in [-0.05, 0) is 24.5 Å². The first-order chi connectivity index (χ1) is 10.0. The lowest BCUT2D eigenvalue weighted by atomic mass is 9.79. The third kappa shape index (κ3) is 3.17. The second-order valence-electron chi connectivity index (χ2n) is 6.89. The molecule has 1 aliphatic rings. The van der Waals surface area contributed by atoms with Crippen LogP contribution < -0.4 is 0 Å². The summed E-state index contributed by atoms with van der Waals surface area (Å²) in [6.07, 6.45) is -0.527. The zero-order valence-electron chi connectivity index (χ0n) is 13.7. The van der Waals surface area contributed by atoms with Crippen LogP contribution >= 0.6 is 0 Å². The van der Waals surface area contributed by atoms with E-state index in [0.717, 1.165) is 5.56 Å². The van der Waals surface area contributed by atoms with Crippen molar-refractivity contribution in [3.63, 3.8) is 0 Å². The average molecular weight is 325 g/mol. The molecule has 0 N–H and O–H groups in total.